The molecule has 1 saturated heterocycles. The highest BCUT2D eigenvalue weighted by atomic mass is 32.2. The lowest BCUT2D eigenvalue weighted by atomic mass is 10.1. The highest BCUT2D eigenvalue weighted by Crippen LogP contribution is 2.47. The SMILES string of the molecule is CCC1SC(c2cc(OC)ccc2OC)N(CCCN(C)C(=O)c2ccco2)C1=O. The third kappa shape index (κ3) is 4.59. The number of hydrogen-bond donors (Lipinski definition) is 0. The minimum Gasteiger partial charge on any atom is -0.497 e. The molecule has 0 radical (unpaired) electrons. The van der Waals surface area contributed by atoms with E-state index >= 15 is 0 Å². The molecule has 1 aliphatic rings. The zero-order chi connectivity index (χ0) is 21.7. The Morgan fingerprint density at radius 3 is 2.70 bits per heavy atom. The Morgan fingerprint density at radius 1 is 1.27 bits per heavy atom. The molecule has 2 unspecified atom stereocenters. The Labute approximate surface area is 181 Å². The number of methoxy groups -OCH3 is 2. The number of rotatable bonds is 9. The van der Waals surface area contributed by atoms with Crippen LogP contribution in [0.2, 0.25) is 0 Å². The van der Waals surface area contributed by atoms with Crippen LogP contribution in [-0.4, -0.2) is 61.2 Å². The van der Waals surface area contributed by atoms with Crippen LogP contribution in [0.25, 0.3) is 0 Å². The van der Waals surface area contributed by atoms with E-state index in [9.17, 15) is 9.59 Å². The van der Waals surface area contributed by atoms with Crippen LogP contribution < -0.4 is 9.47 Å². The molecular formula is C22H28N2O5S. The fourth-order valence-corrected chi connectivity index (χ4v) is 4.97. The Bertz CT molecular complexity index is 870. The Balaban J connectivity index is 1.73. The summed E-state index contributed by atoms with van der Waals surface area (Å²) in [5.74, 6) is 1.72. The maximum absolute atomic E-state index is 13.0. The molecule has 7 nitrogen and oxygen atoms in total. The lowest BCUT2D eigenvalue weighted by Gasteiger charge is -2.26. The zero-order valence-electron chi connectivity index (χ0n) is 17.8. The van der Waals surface area contributed by atoms with Crippen molar-refractivity contribution < 1.29 is 23.5 Å². The minimum atomic E-state index is -0.167. The highest BCUT2D eigenvalue weighted by molar-refractivity contribution is 8.01. The Hall–Kier alpha value is -2.61. The van der Waals surface area contributed by atoms with Crippen molar-refractivity contribution in [1.29, 1.82) is 0 Å². The van der Waals surface area contributed by atoms with Crippen LogP contribution in [-0.2, 0) is 4.79 Å². The molecule has 0 bridgehead atoms. The van der Waals surface area contributed by atoms with Crippen molar-refractivity contribution in [2.24, 2.45) is 0 Å². The van der Waals surface area contributed by atoms with Gasteiger partial charge in [0.2, 0.25) is 5.91 Å². The largest absolute Gasteiger partial charge is 0.497 e. The van der Waals surface area contributed by atoms with Gasteiger partial charge in [0.1, 0.15) is 16.9 Å². The van der Waals surface area contributed by atoms with E-state index in [1.807, 2.05) is 30.0 Å². The molecular weight excluding hydrogens is 404 g/mol. The van der Waals surface area contributed by atoms with Gasteiger partial charge in [-0.3, -0.25) is 9.59 Å². The molecule has 0 saturated carbocycles. The average molecular weight is 433 g/mol. The number of ether oxygens (including phenoxy) is 2. The molecule has 0 spiro atoms. The van der Waals surface area contributed by atoms with Gasteiger partial charge in [0, 0.05) is 25.7 Å². The summed E-state index contributed by atoms with van der Waals surface area (Å²) in [6.07, 6.45) is 2.91. The fraction of sp³-hybridized carbons (Fsp3) is 0.455. The Kier molecular flexibility index (Phi) is 7.31. The molecule has 2 aromatic rings. The maximum Gasteiger partial charge on any atom is 0.289 e. The van der Waals surface area contributed by atoms with Gasteiger partial charge in [-0.05, 0) is 43.2 Å². The molecule has 30 heavy (non-hydrogen) atoms. The summed E-state index contributed by atoms with van der Waals surface area (Å²) in [4.78, 5) is 28.9. The van der Waals surface area contributed by atoms with Crippen molar-refractivity contribution >= 4 is 23.6 Å². The molecule has 1 fully saturated rings. The lowest BCUT2D eigenvalue weighted by Crippen LogP contribution is -2.35. The standard InChI is InChI=1S/C22H28N2O5S/c1-5-19-21(26)24(12-7-11-23(2)20(25)18-8-6-13-29-18)22(30-19)16-14-15(27-3)9-10-17(16)28-4/h6,8-10,13-14,19,22H,5,7,11-12H2,1-4H3. The summed E-state index contributed by atoms with van der Waals surface area (Å²) < 4.78 is 16.1. The second kappa shape index (κ2) is 9.93. The summed E-state index contributed by atoms with van der Waals surface area (Å²) in [7, 11) is 4.99. The van der Waals surface area contributed by atoms with Crippen molar-refractivity contribution in [3.8, 4) is 11.5 Å². The second-order valence-corrected chi connectivity index (χ2v) is 8.37. The molecule has 8 heteroatoms. The molecule has 1 aromatic carbocycles. The van der Waals surface area contributed by atoms with Crippen molar-refractivity contribution in [3.63, 3.8) is 0 Å². The summed E-state index contributed by atoms with van der Waals surface area (Å²) in [5, 5.41) is -0.244. The lowest BCUT2D eigenvalue weighted by molar-refractivity contribution is -0.130. The average Bonchev–Trinajstić information content (AvgIpc) is 3.41. The first-order chi connectivity index (χ1) is 14.5. The normalized spacial score (nSPS) is 18.5. The van der Waals surface area contributed by atoms with Gasteiger partial charge in [-0.15, -0.1) is 11.8 Å². The van der Waals surface area contributed by atoms with Crippen molar-refractivity contribution in [3.05, 3.63) is 47.9 Å². The molecule has 1 aromatic heterocycles. The third-order valence-electron chi connectivity index (χ3n) is 5.18. The van der Waals surface area contributed by atoms with Gasteiger partial charge < -0.3 is 23.7 Å². The van der Waals surface area contributed by atoms with E-state index in [1.165, 1.54) is 6.26 Å². The number of nitrogens with zero attached hydrogens (tertiary/aromatic N) is 2. The fourth-order valence-electron chi connectivity index (χ4n) is 3.53. The predicted molar refractivity (Wildman–Crippen MR) is 116 cm³/mol. The van der Waals surface area contributed by atoms with E-state index in [1.54, 1.807) is 50.1 Å². The quantitative estimate of drug-likeness (QED) is 0.600. The molecule has 2 heterocycles. The number of carbonyl (C=O) groups is 2. The van der Waals surface area contributed by atoms with Gasteiger partial charge in [0.25, 0.3) is 5.91 Å². The van der Waals surface area contributed by atoms with Gasteiger partial charge in [0.15, 0.2) is 5.76 Å². The second-order valence-electron chi connectivity index (χ2n) is 7.08. The smallest absolute Gasteiger partial charge is 0.289 e. The van der Waals surface area contributed by atoms with E-state index in [0.717, 1.165) is 23.5 Å². The summed E-state index contributed by atoms with van der Waals surface area (Å²) in [6.45, 7) is 3.09. The van der Waals surface area contributed by atoms with Crippen LogP contribution in [0.5, 0.6) is 11.5 Å². The van der Waals surface area contributed by atoms with Crippen molar-refractivity contribution in [2.75, 3.05) is 34.4 Å². The third-order valence-corrected chi connectivity index (χ3v) is 6.81. The zero-order valence-corrected chi connectivity index (χ0v) is 18.6. The van der Waals surface area contributed by atoms with Gasteiger partial charge in [0.05, 0.1) is 25.7 Å². The van der Waals surface area contributed by atoms with Gasteiger partial charge >= 0.3 is 0 Å². The van der Waals surface area contributed by atoms with Crippen LogP contribution in [0.3, 0.4) is 0 Å². The number of hydrogen-bond acceptors (Lipinski definition) is 6. The van der Waals surface area contributed by atoms with Crippen molar-refractivity contribution in [2.45, 2.75) is 30.4 Å². The van der Waals surface area contributed by atoms with Crippen LogP contribution >= 0.6 is 11.8 Å². The van der Waals surface area contributed by atoms with E-state index in [0.29, 0.717) is 25.3 Å². The molecule has 3 rings (SSSR count). The van der Waals surface area contributed by atoms with Gasteiger partial charge in [-0.1, -0.05) is 6.92 Å². The van der Waals surface area contributed by atoms with Crippen LogP contribution in [0.1, 0.15) is 41.3 Å². The van der Waals surface area contributed by atoms with Gasteiger partial charge in [-0.25, -0.2) is 0 Å². The van der Waals surface area contributed by atoms with Gasteiger partial charge in [-0.2, -0.15) is 0 Å². The number of carbonyl (C=O) groups excluding carboxylic acids is 2. The maximum atomic E-state index is 13.0. The molecule has 2 atom stereocenters. The first-order valence-corrected chi connectivity index (χ1v) is 10.9. The summed E-state index contributed by atoms with van der Waals surface area (Å²) in [6, 6.07) is 8.99. The Morgan fingerprint density at radius 2 is 2.07 bits per heavy atom. The molecule has 2 amide bonds. The predicted octanol–water partition coefficient (Wildman–Crippen LogP) is 3.81. The summed E-state index contributed by atoms with van der Waals surface area (Å²) >= 11 is 1.64. The summed E-state index contributed by atoms with van der Waals surface area (Å²) in [5.41, 5.74) is 0.922. The number of thioether (sulfide) groups is 1. The monoisotopic (exact) mass is 432 g/mol. The van der Waals surface area contributed by atoms with Crippen molar-refractivity contribution in [1.82, 2.24) is 9.80 Å². The number of amides is 2. The van der Waals surface area contributed by atoms with E-state index < -0.39 is 0 Å². The first-order valence-electron chi connectivity index (χ1n) is 9.97. The minimum absolute atomic E-state index is 0.0895. The molecule has 1 aliphatic heterocycles. The van der Waals surface area contributed by atoms with E-state index in [2.05, 4.69) is 0 Å². The van der Waals surface area contributed by atoms with Crippen LogP contribution in [0.15, 0.2) is 41.0 Å². The molecule has 0 N–H and O–H groups in total. The first kappa shape index (κ1) is 22.1. The topological polar surface area (TPSA) is 72.2 Å². The van der Waals surface area contributed by atoms with Crippen LogP contribution in [0.4, 0.5) is 0 Å². The number of furan rings is 1. The number of benzene rings is 1. The highest BCUT2D eigenvalue weighted by Gasteiger charge is 2.41. The molecule has 0 aliphatic carbocycles. The molecule has 162 valence electrons. The van der Waals surface area contributed by atoms with Crippen LogP contribution in [0, 0.1) is 0 Å². The van der Waals surface area contributed by atoms with E-state index in [4.69, 9.17) is 13.9 Å². The van der Waals surface area contributed by atoms with E-state index in [-0.39, 0.29) is 22.4 Å².